The van der Waals surface area contributed by atoms with Gasteiger partial charge in [-0.2, -0.15) is 0 Å². The number of alkyl halides is 1. The zero-order valence-corrected chi connectivity index (χ0v) is 7.45. The van der Waals surface area contributed by atoms with Crippen LogP contribution in [0.1, 0.15) is 11.1 Å². The van der Waals surface area contributed by atoms with Gasteiger partial charge in [0.15, 0.2) is 0 Å². The molecule has 0 spiro atoms. The highest BCUT2D eigenvalue weighted by Gasteiger charge is 1.89. The van der Waals surface area contributed by atoms with Crippen LogP contribution in [0.3, 0.4) is 0 Å². The highest BCUT2D eigenvalue weighted by Crippen LogP contribution is 2.06. The normalized spacial score (nSPS) is 10.6. The molecule has 11 heavy (non-hydrogen) atoms. The van der Waals surface area contributed by atoms with Crippen molar-refractivity contribution >= 4 is 22.1 Å². The van der Waals surface area contributed by atoms with Crippen molar-refractivity contribution in [3.05, 3.63) is 35.4 Å². The summed E-state index contributed by atoms with van der Waals surface area (Å²) in [5.74, 6) is 0. The van der Waals surface area contributed by atoms with E-state index in [0.29, 0.717) is 0 Å². The van der Waals surface area contributed by atoms with Crippen molar-refractivity contribution in [1.29, 1.82) is 0 Å². The molecule has 1 rings (SSSR count). The van der Waals surface area contributed by atoms with E-state index in [2.05, 4.69) is 21.1 Å². The minimum absolute atomic E-state index is 0.851. The third-order valence-electron chi connectivity index (χ3n) is 1.34. The van der Waals surface area contributed by atoms with Gasteiger partial charge in [-0.25, -0.2) is 0 Å². The highest BCUT2D eigenvalue weighted by atomic mass is 79.9. The molecule has 0 aliphatic carbocycles. The van der Waals surface area contributed by atoms with Crippen LogP contribution >= 0.6 is 15.9 Å². The summed E-state index contributed by atoms with van der Waals surface area (Å²) in [6.07, 6.45) is 1.40. The molecule has 0 heterocycles. The maximum Gasteiger partial charge on any atom is 0.0733 e. The van der Waals surface area contributed by atoms with Gasteiger partial charge in [-0.15, -0.1) is 0 Å². The zero-order chi connectivity index (χ0) is 8.10. The van der Waals surface area contributed by atoms with Crippen molar-refractivity contribution in [2.45, 2.75) is 5.33 Å². The van der Waals surface area contributed by atoms with Gasteiger partial charge in [-0.05, 0) is 11.1 Å². The predicted octanol–water partition coefficient (Wildman–Crippen LogP) is 2.39. The van der Waals surface area contributed by atoms with Crippen LogP contribution in [0.5, 0.6) is 0 Å². The third-order valence-corrected chi connectivity index (χ3v) is 1.99. The SMILES string of the molecule is O/N=C/c1ccc(CBr)cc1. The summed E-state index contributed by atoms with van der Waals surface area (Å²) >= 11 is 3.34. The molecule has 0 fully saturated rings. The predicted molar refractivity (Wildman–Crippen MR) is 48.5 cm³/mol. The summed E-state index contributed by atoms with van der Waals surface area (Å²) in [5, 5.41) is 12.0. The summed E-state index contributed by atoms with van der Waals surface area (Å²) in [6, 6.07) is 7.75. The minimum Gasteiger partial charge on any atom is -0.411 e. The van der Waals surface area contributed by atoms with Crippen LogP contribution in [-0.4, -0.2) is 11.4 Å². The lowest BCUT2D eigenvalue weighted by Gasteiger charge is -1.94. The van der Waals surface area contributed by atoms with Gasteiger partial charge in [-0.3, -0.25) is 0 Å². The Morgan fingerprint density at radius 1 is 1.36 bits per heavy atom. The Morgan fingerprint density at radius 2 is 2.00 bits per heavy atom. The lowest BCUT2D eigenvalue weighted by Crippen LogP contribution is -1.81. The molecule has 0 saturated carbocycles. The largest absolute Gasteiger partial charge is 0.411 e. The Morgan fingerprint density at radius 3 is 2.45 bits per heavy atom. The number of nitrogens with zero attached hydrogens (tertiary/aromatic N) is 1. The van der Waals surface area contributed by atoms with E-state index in [9.17, 15) is 0 Å². The highest BCUT2D eigenvalue weighted by molar-refractivity contribution is 9.08. The van der Waals surface area contributed by atoms with E-state index in [-0.39, 0.29) is 0 Å². The summed E-state index contributed by atoms with van der Waals surface area (Å²) < 4.78 is 0. The second kappa shape index (κ2) is 4.13. The Kier molecular flexibility index (Phi) is 3.11. The fourth-order valence-electron chi connectivity index (χ4n) is 0.759. The molecule has 1 N–H and O–H groups in total. The van der Waals surface area contributed by atoms with Crippen LogP contribution < -0.4 is 0 Å². The molecule has 58 valence electrons. The maximum atomic E-state index is 8.21. The second-order valence-corrected chi connectivity index (χ2v) is 2.68. The first-order valence-electron chi connectivity index (χ1n) is 3.19. The zero-order valence-electron chi connectivity index (χ0n) is 5.87. The van der Waals surface area contributed by atoms with E-state index < -0.39 is 0 Å². The summed E-state index contributed by atoms with van der Waals surface area (Å²) in [5.41, 5.74) is 2.11. The lowest BCUT2D eigenvalue weighted by molar-refractivity contribution is 0.322. The standard InChI is InChI=1S/C8H8BrNO/c9-5-7-1-3-8(4-2-7)6-10-11/h1-4,6,11H,5H2/b10-6+. The molecule has 0 unspecified atom stereocenters. The molecule has 0 saturated heterocycles. The first kappa shape index (κ1) is 8.27. The van der Waals surface area contributed by atoms with Gasteiger partial charge in [0.05, 0.1) is 6.21 Å². The fourth-order valence-corrected chi connectivity index (χ4v) is 1.13. The average molecular weight is 214 g/mol. The van der Waals surface area contributed by atoms with Crippen LogP contribution in [0.4, 0.5) is 0 Å². The number of benzene rings is 1. The molecule has 0 aliphatic rings. The van der Waals surface area contributed by atoms with E-state index in [1.807, 2.05) is 24.3 Å². The number of hydrogen-bond donors (Lipinski definition) is 1. The molecule has 0 aliphatic heterocycles. The smallest absolute Gasteiger partial charge is 0.0733 e. The summed E-state index contributed by atoms with van der Waals surface area (Å²) in [4.78, 5) is 0. The molecule has 3 heteroatoms. The molecule has 0 radical (unpaired) electrons. The van der Waals surface area contributed by atoms with Gasteiger partial charge >= 0.3 is 0 Å². The fraction of sp³-hybridized carbons (Fsp3) is 0.125. The second-order valence-electron chi connectivity index (χ2n) is 2.12. The molecule has 2 nitrogen and oxygen atoms in total. The van der Waals surface area contributed by atoms with Crippen LogP contribution in [0.2, 0.25) is 0 Å². The van der Waals surface area contributed by atoms with Gasteiger partial charge in [0, 0.05) is 5.33 Å². The monoisotopic (exact) mass is 213 g/mol. The number of rotatable bonds is 2. The van der Waals surface area contributed by atoms with Crippen molar-refractivity contribution in [2.24, 2.45) is 5.16 Å². The Bertz CT molecular complexity index is 243. The molecule has 0 aromatic heterocycles. The molecule has 0 atom stereocenters. The summed E-state index contributed by atoms with van der Waals surface area (Å²) in [6.45, 7) is 0. The van der Waals surface area contributed by atoms with Crippen molar-refractivity contribution in [1.82, 2.24) is 0 Å². The summed E-state index contributed by atoms with van der Waals surface area (Å²) in [7, 11) is 0. The van der Waals surface area contributed by atoms with Gasteiger partial charge in [-0.1, -0.05) is 45.4 Å². The number of oxime groups is 1. The van der Waals surface area contributed by atoms with Crippen molar-refractivity contribution < 1.29 is 5.21 Å². The van der Waals surface area contributed by atoms with E-state index in [1.54, 1.807) is 0 Å². The quantitative estimate of drug-likeness (QED) is 0.348. The van der Waals surface area contributed by atoms with Crippen LogP contribution in [0.25, 0.3) is 0 Å². The maximum absolute atomic E-state index is 8.21. The van der Waals surface area contributed by atoms with Crippen LogP contribution in [-0.2, 0) is 5.33 Å². The van der Waals surface area contributed by atoms with Crippen molar-refractivity contribution in [3.8, 4) is 0 Å². The first-order chi connectivity index (χ1) is 5.36. The van der Waals surface area contributed by atoms with E-state index in [0.717, 1.165) is 10.9 Å². The van der Waals surface area contributed by atoms with Gasteiger partial charge in [0.1, 0.15) is 0 Å². The van der Waals surface area contributed by atoms with Crippen molar-refractivity contribution in [2.75, 3.05) is 0 Å². The third kappa shape index (κ3) is 2.35. The lowest BCUT2D eigenvalue weighted by atomic mass is 10.2. The van der Waals surface area contributed by atoms with Gasteiger partial charge < -0.3 is 5.21 Å². The van der Waals surface area contributed by atoms with Crippen LogP contribution in [0, 0.1) is 0 Å². The Balaban J connectivity index is 2.82. The average Bonchev–Trinajstić information content (AvgIpc) is 2.07. The minimum atomic E-state index is 0.851. The Hall–Kier alpha value is -0.830. The molecule has 1 aromatic carbocycles. The van der Waals surface area contributed by atoms with Crippen LogP contribution in [0.15, 0.2) is 29.4 Å². The number of halogens is 1. The van der Waals surface area contributed by atoms with E-state index in [1.165, 1.54) is 11.8 Å². The van der Waals surface area contributed by atoms with Gasteiger partial charge in [0.2, 0.25) is 0 Å². The topological polar surface area (TPSA) is 32.6 Å². The molecular weight excluding hydrogens is 206 g/mol. The van der Waals surface area contributed by atoms with Crippen molar-refractivity contribution in [3.63, 3.8) is 0 Å². The van der Waals surface area contributed by atoms with E-state index >= 15 is 0 Å². The number of hydrogen-bond acceptors (Lipinski definition) is 2. The first-order valence-corrected chi connectivity index (χ1v) is 4.31. The molecular formula is C8H8BrNO. The molecule has 1 aromatic rings. The molecule has 0 amide bonds. The Labute approximate surface area is 73.7 Å². The van der Waals surface area contributed by atoms with Gasteiger partial charge in [0.25, 0.3) is 0 Å². The molecule has 0 bridgehead atoms. The van der Waals surface area contributed by atoms with E-state index in [4.69, 9.17) is 5.21 Å².